The summed E-state index contributed by atoms with van der Waals surface area (Å²) in [6, 6.07) is 21.1. The number of carbonyl (C=O) groups is 1. The first-order valence-electron chi connectivity index (χ1n) is 10.6. The predicted molar refractivity (Wildman–Crippen MR) is 140 cm³/mol. The summed E-state index contributed by atoms with van der Waals surface area (Å²) >= 11 is 4.86. The Labute approximate surface area is 211 Å². The van der Waals surface area contributed by atoms with Crippen molar-refractivity contribution in [1.82, 2.24) is 5.32 Å². The highest BCUT2D eigenvalue weighted by atomic mass is 79.9. The molecule has 1 aliphatic rings. The van der Waals surface area contributed by atoms with E-state index in [2.05, 4.69) is 26.2 Å². The Morgan fingerprint density at radius 1 is 1.06 bits per heavy atom. The molecule has 1 fully saturated rings. The largest absolute Gasteiger partial charge is 0.494 e. The van der Waals surface area contributed by atoms with Crippen LogP contribution in [0.25, 0.3) is 6.08 Å². The molecule has 0 radical (unpaired) electrons. The van der Waals surface area contributed by atoms with Crippen molar-refractivity contribution in [3.05, 3.63) is 87.2 Å². The first kappa shape index (κ1) is 23.9. The molecule has 1 heterocycles. The Morgan fingerprint density at radius 3 is 2.53 bits per heavy atom. The topological polar surface area (TPSA) is 69.2 Å². The third kappa shape index (κ3) is 6.01. The number of thioether (sulfide) groups is 1. The van der Waals surface area contributed by atoms with Crippen LogP contribution in [-0.4, -0.2) is 24.8 Å². The molecular formula is C26H23BrN2O4S. The molecule has 0 saturated carbocycles. The molecule has 0 atom stereocenters. The number of hydrogen-bond acceptors (Lipinski definition) is 6. The highest BCUT2D eigenvalue weighted by molar-refractivity contribution is 9.10. The maximum absolute atomic E-state index is 12.5. The molecule has 0 spiro atoms. The van der Waals surface area contributed by atoms with E-state index in [1.807, 2.05) is 73.7 Å². The fourth-order valence-corrected chi connectivity index (χ4v) is 4.64. The monoisotopic (exact) mass is 538 g/mol. The lowest BCUT2D eigenvalue weighted by molar-refractivity contribution is -0.115. The van der Waals surface area contributed by atoms with Crippen LogP contribution in [0.5, 0.6) is 17.2 Å². The summed E-state index contributed by atoms with van der Waals surface area (Å²) < 4.78 is 17.7. The molecule has 1 amide bonds. The van der Waals surface area contributed by atoms with Crippen LogP contribution in [0, 0.1) is 0 Å². The number of aliphatic imine (C=N–C) groups is 1. The van der Waals surface area contributed by atoms with Gasteiger partial charge in [-0.15, -0.1) is 0 Å². The lowest BCUT2D eigenvalue weighted by Gasteiger charge is -2.13. The molecule has 1 N–H and O–H groups in total. The molecule has 0 bridgehead atoms. The Bertz CT molecular complexity index is 1230. The van der Waals surface area contributed by atoms with Gasteiger partial charge in [-0.2, -0.15) is 0 Å². The number of ether oxygens (including phenoxy) is 3. The summed E-state index contributed by atoms with van der Waals surface area (Å²) in [6.07, 6.45) is 1.80. The number of halogens is 1. The van der Waals surface area contributed by atoms with Crippen molar-refractivity contribution >= 4 is 50.5 Å². The van der Waals surface area contributed by atoms with Crippen LogP contribution in [0.3, 0.4) is 0 Å². The highest BCUT2D eigenvalue weighted by Gasteiger charge is 2.24. The predicted octanol–water partition coefficient (Wildman–Crippen LogP) is 6.33. The van der Waals surface area contributed by atoms with Crippen LogP contribution in [-0.2, 0) is 11.4 Å². The van der Waals surface area contributed by atoms with E-state index in [0.29, 0.717) is 34.8 Å². The van der Waals surface area contributed by atoms with Gasteiger partial charge in [0.25, 0.3) is 5.91 Å². The second-order valence-corrected chi connectivity index (χ2v) is 9.10. The number of amidine groups is 1. The fraction of sp³-hybridized carbons (Fsp3) is 0.154. The van der Waals surface area contributed by atoms with Crippen molar-refractivity contribution in [3.8, 4) is 17.2 Å². The van der Waals surface area contributed by atoms with Gasteiger partial charge in [0.2, 0.25) is 0 Å². The molecule has 6 nitrogen and oxygen atoms in total. The van der Waals surface area contributed by atoms with Crippen molar-refractivity contribution in [2.75, 3.05) is 13.7 Å². The van der Waals surface area contributed by atoms with Crippen LogP contribution in [0.1, 0.15) is 18.1 Å². The number of nitrogens with zero attached hydrogens (tertiary/aromatic N) is 1. The second-order valence-electron chi connectivity index (χ2n) is 7.22. The molecule has 0 unspecified atom stereocenters. The average Bonchev–Trinajstić information content (AvgIpc) is 3.18. The van der Waals surface area contributed by atoms with Crippen molar-refractivity contribution in [1.29, 1.82) is 0 Å². The molecule has 0 aromatic heterocycles. The molecule has 4 rings (SSSR count). The zero-order valence-electron chi connectivity index (χ0n) is 18.7. The maximum Gasteiger partial charge on any atom is 0.264 e. The number of benzene rings is 3. The van der Waals surface area contributed by atoms with Gasteiger partial charge in [-0.1, -0.05) is 30.3 Å². The number of amides is 1. The van der Waals surface area contributed by atoms with Gasteiger partial charge < -0.3 is 19.5 Å². The first-order valence-corrected chi connectivity index (χ1v) is 12.2. The van der Waals surface area contributed by atoms with Crippen molar-refractivity contribution in [3.63, 3.8) is 0 Å². The summed E-state index contributed by atoms with van der Waals surface area (Å²) in [5.74, 6) is 1.76. The smallest absolute Gasteiger partial charge is 0.264 e. The van der Waals surface area contributed by atoms with Gasteiger partial charge in [0.05, 0.1) is 28.8 Å². The maximum atomic E-state index is 12.5. The molecule has 3 aromatic rings. The van der Waals surface area contributed by atoms with E-state index in [9.17, 15) is 4.79 Å². The van der Waals surface area contributed by atoms with E-state index in [-0.39, 0.29) is 5.91 Å². The summed E-state index contributed by atoms with van der Waals surface area (Å²) in [4.78, 5) is 17.6. The minimum Gasteiger partial charge on any atom is -0.494 e. The Morgan fingerprint density at radius 2 is 1.82 bits per heavy atom. The Balaban J connectivity index is 1.50. The quantitative estimate of drug-likeness (QED) is 0.339. The SMILES string of the molecule is CCOc1ccc(N=C2NC(=O)C(=Cc3cc(Br)c(OCc4ccccc4)c(OC)c3)S2)cc1. The van der Waals surface area contributed by atoms with Gasteiger partial charge in [0.15, 0.2) is 16.7 Å². The molecule has 1 saturated heterocycles. The van der Waals surface area contributed by atoms with Crippen LogP contribution < -0.4 is 19.5 Å². The van der Waals surface area contributed by atoms with E-state index >= 15 is 0 Å². The Hall–Kier alpha value is -3.23. The fourth-order valence-electron chi connectivity index (χ4n) is 3.23. The van der Waals surface area contributed by atoms with Gasteiger partial charge in [-0.05, 0) is 88.2 Å². The molecule has 34 heavy (non-hydrogen) atoms. The molecule has 174 valence electrons. The zero-order valence-corrected chi connectivity index (χ0v) is 21.1. The van der Waals surface area contributed by atoms with E-state index in [1.165, 1.54) is 11.8 Å². The van der Waals surface area contributed by atoms with Gasteiger partial charge in [0, 0.05) is 0 Å². The number of methoxy groups -OCH3 is 1. The highest BCUT2D eigenvalue weighted by Crippen LogP contribution is 2.39. The molecule has 8 heteroatoms. The minimum absolute atomic E-state index is 0.200. The van der Waals surface area contributed by atoms with Crippen molar-refractivity contribution < 1.29 is 19.0 Å². The second kappa shape index (κ2) is 11.3. The lowest BCUT2D eigenvalue weighted by Crippen LogP contribution is -2.19. The third-order valence-corrected chi connectivity index (χ3v) is 6.30. The van der Waals surface area contributed by atoms with Crippen LogP contribution >= 0.6 is 27.7 Å². The molecular weight excluding hydrogens is 516 g/mol. The average molecular weight is 539 g/mol. The summed E-state index contributed by atoms with van der Waals surface area (Å²) in [6.45, 7) is 2.96. The van der Waals surface area contributed by atoms with E-state index in [4.69, 9.17) is 14.2 Å². The van der Waals surface area contributed by atoms with E-state index in [0.717, 1.165) is 27.0 Å². The van der Waals surface area contributed by atoms with Crippen molar-refractivity contribution in [2.24, 2.45) is 4.99 Å². The first-order chi connectivity index (χ1) is 16.6. The number of carbonyl (C=O) groups excluding carboxylic acids is 1. The minimum atomic E-state index is -0.200. The molecule has 3 aromatic carbocycles. The van der Waals surface area contributed by atoms with Gasteiger partial charge in [-0.3, -0.25) is 4.79 Å². The third-order valence-electron chi connectivity index (χ3n) is 4.80. The van der Waals surface area contributed by atoms with Gasteiger partial charge in [0.1, 0.15) is 12.4 Å². The van der Waals surface area contributed by atoms with Crippen molar-refractivity contribution in [2.45, 2.75) is 13.5 Å². The van der Waals surface area contributed by atoms with Crippen LogP contribution in [0.15, 0.2) is 81.1 Å². The molecule has 1 aliphatic heterocycles. The normalized spacial score (nSPS) is 15.4. The van der Waals surface area contributed by atoms with E-state index in [1.54, 1.807) is 13.2 Å². The van der Waals surface area contributed by atoms with E-state index < -0.39 is 0 Å². The molecule has 0 aliphatic carbocycles. The standard InChI is InChI=1S/C26H23BrN2O4S/c1-3-32-20-11-9-19(10-12-20)28-26-29-25(30)23(34-26)15-18-13-21(27)24(22(14-18)31-2)33-16-17-7-5-4-6-8-17/h4-15H,3,16H2,1-2H3,(H,28,29,30). The zero-order chi connectivity index (χ0) is 23.9. The number of rotatable bonds is 8. The Kier molecular flexibility index (Phi) is 7.92. The van der Waals surface area contributed by atoms with Crippen LogP contribution in [0.2, 0.25) is 0 Å². The number of nitrogens with one attached hydrogen (secondary N) is 1. The number of hydrogen-bond donors (Lipinski definition) is 1. The van der Waals surface area contributed by atoms with Crippen LogP contribution in [0.4, 0.5) is 5.69 Å². The lowest BCUT2D eigenvalue weighted by atomic mass is 10.2. The van der Waals surface area contributed by atoms with Gasteiger partial charge in [-0.25, -0.2) is 4.99 Å². The summed E-state index contributed by atoms with van der Waals surface area (Å²) in [7, 11) is 1.59. The summed E-state index contributed by atoms with van der Waals surface area (Å²) in [5.41, 5.74) is 2.59. The van der Waals surface area contributed by atoms with Gasteiger partial charge >= 0.3 is 0 Å². The summed E-state index contributed by atoms with van der Waals surface area (Å²) in [5, 5.41) is 3.33.